The van der Waals surface area contributed by atoms with Crippen LogP contribution in [0.15, 0.2) is 53.1 Å². The smallest absolute Gasteiger partial charge is 0.422 e. The molecule has 158 valence electrons. The Morgan fingerprint density at radius 2 is 1.90 bits per heavy atom. The lowest BCUT2D eigenvalue weighted by molar-refractivity contribution is -0.153. The van der Waals surface area contributed by atoms with E-state index in [0.717, 1.165) is 0 Å². The molecule has 2 aromatic carbocycles. The molecule has 30 heavy (non-hydrogen) atoms. The number of benzene rings is 2. The lowest BCUT2D eigenvalue weighted by atomic mass is 10.2. The van der Waals surface area contributed by atoms with Gasteiger partial charge < -0.3 is 14.5 Å². The molecule has 1 amide bonds. The van der Waals surface area contributed by atoms with Gasteiger partial charge in [0.25, 0.3) is 0 Å². The van der Waals surface area contributed by atoms with Crippen molar-refractivity contribution in [1.82, 2.24) is 4.98 Å². The van der Waals surface area contributed by atoms with Crippen molar-refractivity contribution in [2.75, 3.05) is 11.9 Å². The zero-order valence-corrected chi connectivity index (χ0v) is 16.1. The molecule has 0 radical (unpaired) electrons. The topological polar surface area (TPSA) is 64.4 Å². The number of amides is 1. The summed E-state index contributed by atoms with van der Waals surface area (Å²) < 4.78 is 60.4. The third kappa shape index (κ3) is 6.21. The van der Waals surface area contributed by atoms with E-state index in [9.17, 15) is 22.4 Å². The maximum atomic E-state index is 13.0. The van der Waals surface area contributed by atoms with Gasteiger partial charge in [0.2, 0.25) is 5.91 Å². The first kappa shape index (κ1) is 21.6. The zero-order valence-electron chi connectivity index (χ0n) is 15.3. The molecular formula is C20H15ClF4N2O3. The van der Waals surface area contributed by atoms with E-state index in [1.165, 1.54) is 48.7 Å². The number of alkyl halides is 3. The van der Waals surface area contributed by atoms with Gasteiger partial charge in [0, 0.05) is 23.4 Å². The SMILES string of the molecule is O=C(CCc1ncc(-c2ccc(F)cc2)o1)Nc1cc(Cl)ccc1OCC(F)(F)F. The molecule has 5 nitrogen and oxygen atoms in total. The number of aryl methyl sites for hydroxylation is 1. The molecule has 3 aromatic rings. The Bertz CT molecular complexity index is 1020. The van der Waals surface area contributed by atoms with Crippen LogP contribution in [0, 0.1) is 5.82 Å². The van der Waals surface area contributed by atoms with Crippen LogP contribution in [0.4, 0.5) is 23.2 Å². The Balaban J connectivity index is 1.60. The van der Waals surface area contributed by atoms with E-state index in [1.54, 1.807) is 0 Å². The standard InChI is InChI=1S/C20H15ClF4N2O3/c21-13-3-6-16(29-11-20(23,24)25)15(9-13)27-18(28)7-8-19-26-10-17(30-19)12-1-4-14(22)5-2-12/h1-6,9-10H,7-8,11H2,(H,27,28). The van der Waals surface area contributed by atoms with Crippen LogP contribution in [0.25, 0.3) is 11.3 Å². The summed E-state index contributed by atoms with van der Waals surface area (Å²) in [5.74, 6) is -0.322. The van der Waals surface area contributed by atoms with Crippen molar-refractivity contribution in [2.24, 2.45) is 0 Å². The first-order valence-electron chi connectivity index (χ1n) is 8.69. The molecule has 1 heterocycles. The predicted molar refractivity (Wildman–Crippen MR) is 102 cm³/mol. The number of nitrogens with one attached hydrogen (secondary N) is 1. The van der Waals surface area contributed by atoms with Crippen LogP contribution in [0.1, 0.15) is 12.3 Å². The van der Waals surface area contributed by atoms with Crippen molar-refractivity contribution in [1.29, 1.82) is 0 Å². The summed E-state index contributed by atoms with van der Waals surface area (Å²) in [7, 11) is 0. The summed E-state index contributed by atoms with van der Waals surface area (Å²) in [6, 6.07) is 9.53. The lowest BCUT2D eigenvalue weighted by Gasteiger charge is -2.14. The Morgan fingerprint density at radius 1 is 1.17 bits per heavy atom. The van der Waals surface area contributed by atoms with Crippen LogP contribution in [-0.4, -0.2) is 23.7 Å². The van der Waals surface area contributed by atoms with Crippen molar-refractivity contribution < 1.29 is 31.5 Å². The molecule has 0 saturated carbocycles. The van der Waals surface area contributed by atoms with Crippen LogP contribution < -0.4 is 10.1 Å². The van der Waals surface area contributed by atoms with Crippen LogP contribution in [-0.2, 0) is 11.2 Å². The summed E-state index contributed by atoms with van der Waals surface area (Å²) in [6.45, 7) is -1.50. The molecule has 0 aliphatic carbocycles. The summed E-state index contributed by atoms with van der Waals surface area (Å²) >= 11 is 5.86. The van der Waals surface area contributed by atoms with Crippen molar-refractivity contribution in [3.63, 3.8) is 0 Å². The molecule has 1 N–H and O–H groups in total. The number of anilines is 1. The van der Waals surface area contributed by atoms with Gasteiger partial charge in [-0.1, -0.05) is 11.6 Å². The molecule has 1 aromatic heterocycles. The Labute approximate surface area is 173 Å². The van der Waals surface area contributed by atoms with Gasteiger partial charge >= 0.3 is 6.18 Å². The van der Waals surface area contributed by atoms with E-state index in [2.05, 4.69) is 10.3 Å². The van der Waals surface area contributed by atoms with E-state index in [4.69, 9.17) is 20.8 Å². The van der Waals surface area contributed by atoms with Crippen LogP contribution >= 0.6 is 11.6 Å². The molecular weight excluding hydrogens is 428 g/mol. The molecule has 3 rings (SSSR count). The summed E-state index contributed by atoms with van der Waals surface area (Å²) in [5, 5.41) is 2.70. The minimum Gasteiger partial charge on any atom is -0.482 e. The highest BCUT2D eigenvalue weighted by Gasteiger charge is 2.29. The third-order valence-electron chi connectivity index (χ3n) is 3.86. The Kier molecular flexibility index (Phi) is 6.61. The molecule has 0 aliphatic heterocycles. The molecule has 0 atom stereocenters. The van der Waals surface area contributed by atoms with E-state index in [0.29, 0.717) is 11.3 Å². The highest BCUT2D eigenvalue weighted by molar-refractivity contribution is 6.31. The maximum absolute atomic E-state index is 13.0. The number of hydrogen-bond acceptors (Lipinski definition) is 4. The fraction of sp³-hybridized carbons (Fsp3) is 0.200. The number of aromatic nitrogens is 1. The third-order valence-corrected chi connectivity index (χ3v) is 4.09. The van der Waals surface area contributed by atoms with Gasteiger partial charge in [-0.25, -0.2) is 9.37 Å². The van der Waals surface area contributed by atoms with E-state index in [-0.39, 0.29) is 41.0 Å². The highest BCUT2D eigenvalue weighted by atomic mass is 35.5. The van der Waals surface area contributed by atoms with E-state index < -0.39 is 18.7 Å². The van der Waals surface area contributed by atoms with Crippen LogP contribution in [0.3, 0.4) is 0 Å². The maximum Gasteiger partial charge on any atom is 0.422 e. The number of carbonyl (C=O) groups excluding carboxylic acids is 1. The van der Waals surface area contributed by atoms with Gasteiger partial charge in [-0.2, -0.15) is 13.2 Å². The molecule has 0 spiro atoms. The molecule has 0 saturated heterocycles. The number of rotatable bonds is 7. The van der Waals surface area contributed by atoms with Crippen molar-refractivity contribution in [3.8, 4) is 17.1 Å². The second-order valence-electron chi connectivity index (χ2n) is 6.22. The second-order valence-corrected chi connectivity index (χ2v) is 6.65. The molecule has 0 fully saturated rings. The van der Waals surface area contributed by atoms with Gasteiger partial charge in [0.15, 0.2) is 18.3 Å². The fourth-order valence-corrected chi connectivity index (χ4v) is 2.66. The first-order chi connectivity index (χ1) is 14.2. The highest BCUT2D eigenvalue weighted by Crippen LogP contribution is 2.30. The average molecular weight is 443 g/mol. The number of carbonyl (C=O) groups is 1. The lowest BCUT2D eigenvalue weighted by Crippen LogP contribution is -2.20. The Morgan fingerprint density at radius 3 is 2.60 bits per heavy atom. The van der Waals surface area contributed by atoms with E-state index >= 15 is 0 Å². The molecule has 0 unspecified atom stereocenters. The van der Waals surface area contributed by atoms with Crippen LogP contribution in [0.2, 0.25) is 5.02 Å². The van der Waals surface area contributed by atoms with Gasteiger partial charge in [0.1, 0.15) is 11.6 Å². The summed E-state index contributed by atoms with van der Waals surface area (Å²) in [5.41, 5.74) is 0.654. The van der Waals surface area contributed by atoms with Crippen LogP contribution in [0.5, 0.6) is 5.75 Å². The number of hydrogen-bond donors (Lipinski definition) is 1. The van der Waals surface area contributed by atoms with Crippen molar-refractivity contribution in [3.05, 3.63) is 65.4 Å². The van der Waals surface area contributed by atoms with E-state index in [1.807, 2.05) is 0 Å². The number of ether oxygens (including phenoxy) is 1. The minimum absolute atomic E-state index is 0.0242. The first-order valence-corrected chi connectivity index (χ1v) is 9.07. The monoisotopic (exact) mass is 442 g/mol. The average Bonchev–Trinajstić information content (AvgIpc) is 3.15. The summed E-state index contributed by atoms with van der Waals surface area (Å²) in [4.78, 5) is 16.3. The predicted octanol–water partition coefficient (Wildman–Crippen LogP) is 5.65. The molecule has 0 bridgehead atoms. The number of halogens is 5. The molecule has 0 aliphatic rings. The van der Waals surface area contributed by atoms with Crippen molar-refractivity contribution in [2.45, 2.75) is 19.0 Å². The summed E-state index contributed by atoms with van der Waals surface area (Å²) in [6.07, 6.45) is -2.96. The van der Waals surface area contributed by atoms with Gasteiger partial charge in [-0.15, -0.1) is 0 Å². The van der Waals surface area contributed by atoms with Gasteiger partial charge in [-0.05, 0) is 42.5 Å². The Hall–Kier alpha value is -3.07. The van der Waals surface area contributed by atoms with Gasteiger partial charge in [-0.3, -0.25) is 4.79 Å². The molecule has 10 heteroatoms. The zero-order chi connectivity index (χ0) is 21.7. The number of oxazole rings is 1. The van der Waals surface area contributed by atoms with Crippen molar-refractivity contribution >= 4 is 23.2 Å². The second kappa shape index (κ2) is 9.17. The number of nitrogens with zero attached hydrogens (tertiary/aromatic N) is 1. The largest absolute Gasteiger partial charge is 0.482 e. The quantitative estimate of drug-likeness (QED) is 0.480. The van der Waals surface area contributed by atoms with Gasteiger partial charge in [0.05, 0.1) is 11.9 Å². The normalized spacial score (nSPS) is 11.4. The fourth-order valence-electron chi connectivity index (χ4n) is 2.49. The minimum atomic E-state index is -4.52.